The molecule has 0 aliphatic carbocycles. The highest BCUT2D eigenvalue weighted by Gasteiger charge is 2.13. The second-order valence-corrected chi connectivity index (χ2v) is 4.27. The molecule has 0 aliphatic heterocycles. The Bertz CT molecular complexity index is 538. The van der Waals surface area contributed by atoms with E-state index in [2.05, 4.69) is 10.3 Å². The molecular weight excluding hydrogens is 226 g/mol. The van der Waals surface area contributed by atoms with Crippen LogP contribution < -0.4 is 10.2 Å². The van der Waals surface area contributed by atoms with E-state index >= 15 is 0 Å². The number of phenols is 1. The standard InChI is InChI=1S/C10H11N3O2S/c1-11-9(15)13(2)10-12-7-5-6(14)3-4-8(7)16-10/h3-5,14H,1-2H3,(H,11,15). The molecule has 2 aromatic rings. The number of nitrogens with zero attached hydrogens (tertiary/aromatic N) is 2. The van der Waals surface area contributed by atoms with Gasteiger partial charge in [0.1, 0.15) is 5.75 Å². The largest absolute Gasteiger partial charge is 0.508 e. The lowest BCUT2D eigenvalue weighted by molar-refractivity contribution is 0.249. The number of rotatable bonds is 1. The third-order valence-electron chi connectivity index (χ3n) is 2.17. The van der Waals surface area contributed by atoms with E-state index in [1.54, 1.807) is 32.3 Å². The summed E-state index contributed by atoms with van der Waals surface area (Å²) >= 11 is 1.40. The zero-order chi connectivity index (χ0) is 11.7. The Hall–Kier alpha value is -1.82. The van der Waals surface area contributed by atoms with Gasteiger partial charge in [-0.05, 0) is 12.1 Å². The SMILES string of the molecule is CNC(=O)N(C)c1nc2cc(O)ccc2s1. The van der Waals surface area contributed by atoms with Crippen molar-refractivity contribution in [2.75, 3.05) is 19.0 Å². The molecule has 2 N–H and O–H groups in total. The van der Waals surface area contributed by atoms with Gasteiger partial charge in [-0.1, -0.05) is 11.3 Å². The number of nitrogens with one attached hydrogen (secondary N) is 1. The van der Waals surface area contributed by atoms with Gasteiger partial charge in [-0.25, -0.2) is 9.78 Å². The first-order valence-corrected chi connectivity index (χ1v) is 5.48. The highest BCUT2D eigenvalue weighted by atomic mass is 32.1. The number of hydrogen-bond acceptors (Lipinski definition) is 4. The van der Waals surface area contributed by atoms with Crippen LogP contribution in [0.1, 0.15) is 0 Å². The summed E-state index contributed by atoms with van der Waals surface area (Å²) in [5, 5.41) is 12.4. The fraction of sp³-hybridized carbons (Fsp3) is 0.200. The van der Waals surface area contributed by atoms with E-state index in [1.165, 1.54) is 16.2 Å². The van der Waals surface area contributed by atoms with Crippen LogP contribution in [0.2, 0.25) is 0 Å². The molecule has 2 amide bonds. The van der Waals surface area contributed by atoms with Crippen LogP contribution in [0.5, 0.6) is 5.75 Å². The molecule has 0 aliphatic rings. The molecule has 6 heteroatoms. The maximum atomic E-state index is 11.4. The molecule has 0 spiro atoms. The summed E-state index contributed by atoms with van der Waals surface area (Å²) in [6, 6.07) is 4.74. The summed E-state index contributed by atoms with van der Waals surface area (Å²) in [6.07, 6.45) is 0. The van der Waals surface area contributed by atoms with Crippen molar-refractivity contribution in [2.24, 2.45) is 0 Å². The molecule has 1 heterocycles. The Morgan fingerprint density at radius 2 is 2.31 bits per heavy atom. The maximum Gasteiger partial charge on any atom is 0.323 e. The number of amides is 2. The van der Waals surface area contributed by atoms with Crippen LogP contribution in [-0.4, -0.2) is 30.2 Å². The topological polar surface area (TPSA) is 65.5 Å². The van der Waals surface area contributed by atoms with E-state index in [0.717, 1.165) is 4.70 Å². The lowest BCUT2D eigenvalue weighted by atomic mass is 10.3. The number of urea groups is 1. The van der Waals surface area contributed by atoms with Crippen LogP contribution in [0.4, 0.5) is 9.93 Å². The van der Waals surface area contributed by atoms with Crippen molar-refractivity contribution in [3.63, 3.8) is 0 Å². The zero-order valence-corrected chi connectivity index (χ0v) is 9.71. The molecule has 0 radical (unpaired) electrons. The third-order valence-corrected chi connectivity index (χ3v) is 3.28. The van der Waals surface area contributed by atoms with Gasteiger partial charge in [-0.3, -0.25) is 4.90 Å². The molecule has 0 unspecified atom stereocenters. The molecular formula is C10H11N3O2S. The summed E-state index contributed by atoms with van der Waals surface area (Å²) < 4.78 is 0.934. The highest BCUT2D eigenvalue weighted by Crippen LogP contribution is 2.30. The summed E-state index contributed by atoms with van der Waals surface area (Å²) in [5.74, 6) is 0.173. The number of thiazole rings is 1. The summed E-state index contributed by atoms with van der Waals surface area (Å²) in [7, 11) is 3.22. The Morgan fingerprint density at radius 1 is 1.56 bits per heavy atom. The Morgan fingerprint density at radius 3 is 3.00 bits per heavy atom. The minimum atomic E-state index is -0.219. The zero-order valence-electron chi connectivity index (χ0n) is 8.89. The lowest BCUT2D eigenvalue weighted by Gasteiger charge is -2.11. The van der Waals surface area contributed by atoms with Gasteiger partial charge in [-0.15, -0.1) is 0 Å². The van der Waals surface area contributed by atoms with Gasteiger partial charge in [-0.2, -0.15) is 0 Å². The monoisotopic (exact) mass is 237 g/mol. The molecule has 16 heavy (non-hydrogen) atoms. The van der Waals surface area contributed by atoms with Crippen molar-refractivity contribution in [2.45, 2.75) is 0 Å². The van der Waals surface area contributed by atoms with E-state index in [1.807, 2.05) is 0 Å². The average molecular weight is 237 g/mol. The van der Waals surface area contributed by atoms with Crippen LogP contribution in [-0.2, 0) is 0 Å². The molecule has 1 aromatic carbocycles. The minimum absolute atomic E-state index is 0.173. The number of aromatic nitrogens is 1. The number of benzene rings is 1. The predicted molar refractivity (Wildman–Crippen MR) is 64.1 cm³/mol. The number of carbonyl (C=O) groups is 1. The van der Waals surface area contributed by atoms with Gasteiger partial charge in [0.15, 0.2) is 5.13 Å². The Kier molecular flexibility index (Phi) is 2.66. The molecule has 0 atom stereocenters. The second kappa shape index (κ2) is 3.97. The molecule has 0 bridgehead atoms. The average Bonchev–Trinajstić information content (AvgIpc) is 2.69. The summed E-state index contributed by atoms with van der Waals surface area (Å²) in [5.41, 5.74) is 0.691. The quantitative estimate of drug-likeness (QED) is 0.794. The van der Waals surface area contributed by atoms with Gasteiger partial charge in [0.2, 0.25) is 0 Å². The van der Waals surface area contributed by atoms with E-state index in [-0.39, 0.29) is 11.8 Å². The first-order valence-electron chi connectivity index (χ1n) is 4.67. The number of fused-ring (bicyclic) bond motifs is 1. The van der Waals surface area contributed by atoms with E-state index in [9.17, 15) is 9.90 Å². The van der Waals surface area contributed by atoms with Crippen molar-refractivity contribution in [3.05, 3.63) is 18.2 Å². The first kappa shape index (κ1) is 10.7. The fourth-order valence-corrected chi connectivity index (χ4v) is 2.21. The number of aromatic hydroxyl groups is 1. The predicted octanol–water partition coefficient (Wildman–Crippen LogP) is 1.78. The van der Waals surface area contributed by atoms with E-state index in [4.69, 9.17) is 0 Å². The summed E-state index contributed by atoms with van der Waals surface area (Å²) in [4.78, 5) is 17.1. The van der Waals surface area contributed by atoms with Crippen molar-refractivity contribution < 1.29 is 9.90 Å². The number of carbonyl (C=O) groups excluding carboxylic acids is 1. The third kappa shape index (κ3) is 1.79. The number of hydrogen-bond donors (Lipinski definition) is 2. The van der Waals surface area contributed by atoms with Gasteiger partial charge >= 0.3 is 6.03 Å². The second-order valence-electron chi connectivity index (χ2n) is 3.26. The smallest absolute Gasteiger partial charge is 0.323 e. The van der Waals surface area contributed by atoms with E-state index in [0.29, 0.717) is 10.6 Å². The van der Waals surface area contributed by atoms with Gasteiger partial charge < -0.3 is 10.4 Å². The van der Waals surface area contributed by atoms with Crippen LogP contribution in [0.15, 0.2) is 18.2 Å². The Labute approximate surface area is 96.3 Å². The number of phenolic OH excluding ortho intramolecular Hbond substituents is 1. The Balaban J connectivity index is 2.43. The van der Waals surface area contributed by atoms with Crippen molar-refractivity contribution in [3.8, 4) is 5.75 Å². The highest BCUT2D eigenvalue weighted by molar-refractivity contribution is 7.22. The van der Waals surface area contributed by atoms with Crippen molar-refractivity contribution in [1.29, 1.82) is 0 Å². The van der Waals surface area contributed by atoms with Gasteiger partial charge in [0, 0.05) is 20.2 Å². The van der Waals surface area contributed by atoms with Crippen molar-refractivity contribution in [1.82, 2.24) is 10.3 Å². The molecule has 0 saturated heterocycles. The number of anilines is 1. The van der Waals surface area contributed by atoms with Gasteiger partial charge in [0.25, 0.3) is 0 Å². The van der Waals surface area contributed by atoms with Crippen LogP contribution in [0.3, 0.4) is 0 Å². The molecule has 1 aromatic heterocycles. The molecule has 0 fully saturated rings. The normalized spacial score (nSPS) is 10.4. The summed E-state index contributed by atoms with van der Waals surface area (Å²) in [6.45, 7) is 0. The molecule has 84 valence electrons. The van der Waals surface area contributed by atoms with Crippen LogP contribution >= 0.6 is 11.3 Å². The lowest BCUT2D eigenvalue weighted by Crippen LogP contribution is -2.34. The van der Waals surface area contributed by atoms with E-state index < -0.39 is 0 Å². The van der Waals surface area contributed by atoms with Crippen LogP contribution in [0.25, 0.3) is 10.2 Å². The van der Waals surface area contributed by atoms with Crippen LogP contribution in [0, 0.1) is 0 Å². The van der Waals surface area contributed by atoms with Gasteiger partial charge in [0.05, 0.1) is 10.2 Å². The molecule has 5 nitrogen and oxygen atoms in total. The fourth-order valence-electron chi connectivity index (χ4n) is 1.30. The van der Waals surface area contributed by atoms with Crippen molar-refractivity contribution >= 4 is 32.7 Å². The molecule has 2 rings (SSSR count). The first-order chi connectivity index (χ1) is 7.61. The minimum Gasteiger partial charge on any atom is -0.508 e. The maximum absolute atomic E-state index is 11.4. The molecule has 0 saturated carbocycles.